The monoisotopic (exact) mass is 524 g/mol. The van der Waals surface area contributed by atoms with Crippen LogP contribution in [0.5, 0.6) is 0 Å². The molecular formula is C25H53N2O7P. The van der Waals surface area contributed by atoms with Crippen LogP contribution in [0.15, 0.2) is 0 Å². The second kappa shape index (κ2) is 21.4. The third kappa shape index (κ3) is 24.8. The van der Waals surface area contributed by atoms with Crippen molar-refractivity contribution in [1.82, 2.24) is 5.32 Å². The van der Waals surface area contributed by atoms with Crippen LogP contribution in [0, 0.1) is 0 Å². The van der Waals surface area contributed by atoms with E-state index in [0.29, 0.717) is 17.6 Å². The van der Waals surface area contributed by atoms with Crippen molar-refractivity contribution >= 4 is 13.9 Å². The minimum absolute atomic E-state index is 0.0278. The summed E-state index contributed by atoms with van der Waals surface area (Å²) in [5.74, 6) is 0. The number of nitrogens with zero attached hydrogens (tertiary/aromatic N) is 1. The molecule has 0 aromatic heterocycles. The first-order valence-electron chi connectivity index (χ1n) is 13.4. The molecule has 0 spiro atoms. The second-order valence-electron chi connectivity index (χ2n) is 10.2. The van der Waals surface area contributed by atoms with Crippen molar-refractivity contribution in [2.24, 2.45) is 0 Å². The van der Waals surface area contributed by atoms with Gasteiger partial charge in [-0.2, -0.15) is 0 Å². The van der Waals surface area contributed by atoms with Gasteiger partial charge in [-0.05, 0) is 6.42 Å². The number of unbranched alkanes of at least 4 members (excludes halogenated alkanes) is 12. The third-order valence-corrected chi connectivity index (χ3v) is 6.68. The number of likely N-dealkylation sites (N-methyl/N-ethyl adjacent to an activating group) is 1. The molecule has 0 aliphatic rings. The summed E-state index contributed by atoms with van der Waals surface area (Å²) in [6, 6.07) is 0. The molecule has 0 aliphatic carbocycles. The van der Waals surface area contributed by atoms with Crippen LogP contribution in [-0.2, 0) is 23.1 Å². The van der Waals surface area contributed by atoms with E-state index in [4.69, 9.17) is 18.5 Å². The van der Waals surface area contributed by atoms with Crippen molar-refractivity contribution in [1.29, 1.82) is 0 Å². The van der Waals surface area contributed by atoms with Gasteiger partial charge in [-0.1, -0.05) is 84.0 Å². The van der Waals surface area contributed by atoms with E-state index in [2.05, 4.69) is 12.2 Å². The molecule has 1 amide bonds. The van der Waals surface area contributed by atoms with Crippen LogP contribution in [-0.4, -0.2) is 77.8 Å². The lowest BCUT2D eigenvalue weighted by Crippen LogP contribution is -2.37. The molecule has 2 atom stereocenters. The van der Waals surface area contributed by atoms with Crippen molar-refractivity contribution in [3.8, 4) is 0 Å². The van der Waals surface area contributed by atoms with E-state index in [1.807, 2.05) is 21.1 Å². The zero-order valence-electron chi connectivity index (χ0n) is 23.1. The number of rotatable bonds is 24. The van der Waals surface area contributed by atoms with Gasteiger partial charge in [-0.25, -0.2) is 4.79 Å². The molecule has 0 aliphatic heterocycles. The quantitative estimate of drug-likeness (QED) is 0.107. The van der Waals surface area contributed by atoms with E-state index >= 15 is 0 Å². The predicted octanol–water partition coefficient (Wildman–Crippen LogP) is 5.03. The fourth-order valence-corrected chi connectivity index (χ4v) is 4.10. The Bertz CT molecular complexity index is 558. The average Bonchev–Trinajstić information content (AvgIpc) is 2.78. The topological polar surface area (TPSA) is 106 Å². The first kappa shape index (κ1) is 34.3. The molecule has 10 heteroatoms. The highest BCUT2D eigenvalue weighted by Crippen LogP contribution is 2.38. The summed E-state index contributed by atoms with van der Waals surface area (Å²) in [5.41, 5.74) is 0. The minimum atomic E-state index is -4.43. The number of phosphoric ester groups is 1. The maximum atomic E-state index is 11.8. The summed E-state index contributed by atoms with van der Waals surface area (Å²) in [6.45, 7) is 2.96. The summed E-state index contributed by atoms with van der Waals surface area (Å²) in [4.78, 5) is 23.7. The lowest BCUT2D eigenvalue weighted by molar-refractivity contribution is -0.870. The van der Waals surface area contributed by atoms with Gasteiger partial charge in [0, 0.05) is 13.7 Å². The number of hydrogen-bond acceptors (Lipinski definition) is 7. The van der Waals surface area contributed by atoms with E-state index in [9.17, 15) is 14.3 Å². The zero-order chi connectivity index (χ0) is 26.4. The molecule has 0 saturated carbocycles. The van der Waals surface area contributed by atoms with Gasteiger partial charge in [-0.3, -0.25) is 4.57 Å². The number of carbonyl (C=O) groups is 1. The Hall–Kier alpha value is -0.700. The molecule has 210 valence electrons. The average molecular weight is 525 g/mol. The van der Waals surface area contributed by atoms with Crippen molar-refractivity contribution in [2.45, 2.75) is 96.5 Å². The van der Waals surface area contributed by atoms with Gasteiger partial charge in [0.05, 0.1) is 27.7 Å². The minimum Gasteiger partial charge on any atom is -0.756 e. The Kier molecular flexibility index (Phi) is 21.0. The van der Waals surface area contributed by atoms with Crippen LogP contribution in [0.2, 0.25) is 0 Å². The molecule has 0 aromatic carbocycles. The second-order valence-corrected chi connectivity index (χ2v) is 11.6. The SMILES string of the molecule is CCCCCCCCCCCCCCCNC(=O)OCC(COP(=O)([O-])OCC[N+](C)(C)C)OC. The van der Waals surface area contributed by atoms with Gasteiger partial charge < -0.3 is 33.2 Å². The molecule has 35 heavy (non-hydrogen) atoms. The van der Waals surface area contributed by atoms with E-state index in [1.165, 1.54) is 77.7 Å². The standard InChI is InChI=1S/C25H53N2O7P/c1-6-7-8-9-10-11-12-13-14-15-16-17-18-19-26-25(28)32-22-24(31-5)23-34-35(29,30)33-21-20-27(2,3)4/h24H,6-23H2,1-5H3,(H-,26,28,29,30). The van der Waals surface area contributed by atoms with Gasteiger partial charge in [0.2, 0.25) is 0 Å². The Balaban J connectivity index is 3.68. The molecule has 1 N–H and O–H groups in total. The number of ether oxygens (including phenoxy) is 2. The smallest absolute Gasteiger partial charge is 0.407 e. The largest absolute Gasteiger partial charge is 0.756 e. The number of phosphoric acid groups is 1. The number of quaternary nitrogens is 1. The summed E-state index contributed by atoms with van der Waals surface area (Å²) >= 11 is 0. The highest BCUT2D eigenvalue weighted by molar-refractivity contribution is 7.45. The van der Waals surface area contributed by atoms with E-state index in [-0.39, 0.29) is 19.8 Å². The van der Waals surface area contributed by atoms with Crippen LogP contribution in [0.1, 0.15) is 90.4 Å². The summed E-state index contributed by atoms with van der Waals surface area (Å²) in [7, 11) is 2.76. The molecule has 0 radical (unpaired) electrons. The van der Waals surface area contributed by atoms with Gasteiger partial charge in [-0.15, -0.1) is 0 Å². The molecule has 0 fully saturated rings. The number of amides is 1. The number of methoxy groups -OCH3 is 1. The Morgan fingerprint density at radius 3 is 1.86 bits per heavy atom. The maximum absolute atomic E-state index is 11.8. The van der Waals surface area contributed by atoms with Gasteiger partial charge in [0.1, 0.15) is 25.9 Å². The Morgan fingerprint density at radius 2 is 1.37 bits per heavy atom. The van der Waals surface area contributed by atoms with Crippen molar-refractivity contribution in [2.75, 3.05) is 61.2 Å². The molecule has 0 heterocycles. The number of hydrogen-bond donors (Lipinski definition) is 1. The maximum Gasteiger partial charge on any atom is 0.407 e. The molecule has 2 unspecified atom stereocenters. The predicted molar refractivity (Wildman–Crippen MR) is 138 cm³/mol. The molecule has 0 aromatic rings. The number of carbonyl (C=O) groups excluding carboxylic acids is 1. The van der Waals surface area contributed by atoms with E-state index in [1.54, 1.807) is 0 Å². The van der Waals surface area contributed by atoms with Crippen LogP contribution in [0.25, 0.3) is 0 Å². The van der Waals surface area contributed by atoms with Gasteiger partial charge >= 0.3 is 6.09 Å². The number of alkyl carbamates (subject to hydrolysis) is 1. The van der Waals surface area contributed by atoms with E-state index < -0.39 is 20.0 Å². The van der Waals surface area contributed by atoms with Crippen molar-refractivity contribution in [3.63, 3.8) is 0 Å². The third-order valence-electron chi connectivity index (χ3n) is 5.71. The van der Waals surface area contributed by atoms with Crippen LogP contribution < -0.4 is 10.2 Å². The highest BCUT2D eigenvalue weighted by Gasteiger charge is 2.18. The lowest BCUT2D eigenvalue weighted by Gasteiger charge is -2.28. The molecule has 0 saturated heterocycles. The van der Waals surface area contributed by atoms with E-state index in [0.717, 1.165) is 12.8 Å². The highest BCUT2D eigenvalue weighted by atomic mass is 31.2. The van der Waals surface area contributed by atoms with Crippen molar-refractivity contribution in [3.05, 3.63) is 0 Å². The van der Waals surface area contributed by atoms with Crippen LogP contribution in [0.4, 0.5) is 4.79 Å². The van der Waals surface area contributed by atoms with Gasteiger partial charge in [0.25, 0.3) is 7.82 Å². The summed E-state index contributed by atoms with van der Waals surface area (Å²) in [5, 5.41) is 2.72. The fraction of sp³-hybridized carbons (Fsp3) is 0.960. The molecule has 0 bridgehead atoms. The van der Waals surface area contributed by atoms with Crippen LogP contribution in [0.3, 0.4) is 0 Å². The Labute approximate surface area is 214 Å². The van der Waals surface area contributed by atoms with Crippen molar-refractivity contribution < 1.29 is 37.3 Å². The number of nitrogens with one attached hydrogen (secondary N) is 1. The fourth-order valence-electron chi connectivity index (χ4n) is 3.38. The zero-order valence-corrected chi connectivity index (χ0v) is 24.0. The van der Waals surface area contributed by atoms with Gasteiger partial charge in [0.15, 0.2) is 0 Å². The molecule has 0 rings (SSSR count). The van der Waals surface area contributed by atoms with Crippen LogP contribution >= 0.6 is 7.82 Å². The lowest BCUT2D eigenvalue weighted by atomic mass is 10.0. The summed E-state index contributed by atoms with van der Waals surface area (Å²) in [6.07, 6.45) is 15.3. The Morgan fingerprint density at radius 1 is 0.857 bits per heavy atom. The molecular weight excluding hydrogens is 471 g/mol. The molecule has 9 nitrogen and oxygen atoms in total. The first-order chi connectivity index (χ1) is 16.6. The first-order valence-corrected chi connectivity index (χ1v) is 14.9. The summed E-state index contributed by atoms with van der Waals surface area (Å²) < 4.78 is 32.3. The normalized spacial score (nSPS) is 14.5.